The van der Waals surface area contributed by atoms with Gasteiger partial charge in [-0.2, -0.15) is 0 Å². The molecule has 0 N–H and O–H groups in total. The molecular formula is C10H13N3O. The van der Waals surface area contributed by atoms with E-state index in [0.717, 1.165) is 17.6 Å². The Labute approximate surface area is 82.3 Å². The van der Waals surface area contributed by atoms with E-state index < -0.39 is 0 Å². The number of aromatic nitrogens is 3. The van der Waals surface area contributed by atoms with Crippen molar-refractivity contribution >= 4 is 11.2 Å². The molecule has 0 spiro atoms. The van der Waals surface area contributed by atoms with E-state index in [0.29, 0.717) is 5.71 Å². The highest BCUT2D eigenvalue weighted by Crippen LogP contribution is 2.19. The molecular weight excluding hydrogens is 178 g/mol. The van der Waals surface area contributed by atoms with E-state index in [1.807, 2.05) is 0 Å². The van der Waals surface area contributed by atoms with Crippen molar-refractivity contribution < 1.29 is 4.52 Å². The summed E-state index contributed by atoms with van der Waals surface area (Å²) in [6.45, 7) is 6.52. The minimum Gasteiger partial charge on any atom is -0.334 e. The molecule has 0 saturated heterocycles. The van der Waals surface area contributed by atoms with Crippen molar-refractivity contribution in [3.8, 4) is 0 Å². The molecule has 14 heavy (non-hydrogen) atoms. The number of hydrogen-bond acceptors (Lipinski definition) is 4. The van der Waals surface area contributed by atoms with Crippen molar-refractivity contribution in [2.75, 3.05) is 0 Å². The van der Waals surface area contributed by atoms with E-state index in [4.69, 9.17) is 4.52 Å². The van der Waals surface area contributed by atoms with Crippen molar-refractivity contribution in [3.63, 3.8) is 0 Å². The van der Waals surface area contributed by atoms with E-state index in [1.165, 1.54) is 0 Å². The second-order valence-electron chi connectivity index (χ2n) is 4.61. The Morgan fingerprint density at radius 2 is 2.07 bits per heavy atom. The summed E-state index contributed by atoms with van der Waals surface area (Å²) in [5.41, 5.74) is 2.43. The van der Waals surface area contributed by atoms with Crippen LogP contribution in [0.5, 0.6) is 0 Å². The van der Waals surface area contributed by atoms with Gasteiger partial charge < -0.3 is 4.52 Å². The third-order valence-electron chi connectivity index (χ3n) is 1.84. The first-order valence-electron chi connectivity index (χ1n) is 4.61. The summed E-state index contributed by atoms with van der Waals surface area (Å²) in [6, 6.07) is 0. The van der Waals surface area contributed by atoms with Crippen molar-refractivity contribution in [2.45, 2.75) is 27.2 Å². The van der Waals surface area contributed by atoms with E-state index in [9.17, 15) is 0 Å². The summed E-state index contributed by atoms with van der Waals surface area (Å²) in [7, 11) is 0. The van der Waals surface area contributed by atoms with Gasteiger partial charge in [-0.1, -0.05) is 25.9 Å². The Hall–Kier alpha value is -1.45. The Morgan fingerprint density at radius 1 is 1.29 bits per heavy atom. The van der Waals surface area contributed by atoms with E-state index >= 15 is 0 Å². The molecule has 0 aromatic carbocycles. The van der Waals surface area contributed by atoms with Gasteiger partial charge in [0.1, 0.15) is 0 Å². The molecule has 2 heterocycles. The fraction of sp³-hybridized carbons (Fsp3) is 0.500. The molecule has 0 atom stereocenters. The summed E-state index contributed by atoms with van der Waals surface area (Å²) in [6.07, 6.45) is 4.24. The van der Waals surface area contributed by atoms with E-state index in [1.54, 1.807) is 12.4 Å². The average molecular weight is 191 g/mol. The van der Waals surface area contributed by atoms with E-state index in [2.05, 4.69) is 35.9 Å². The maximum atomic E-state index is 4.88. The minimum absolute atomic E-state index is 0.222. The topological polar surface area (TPSA) is 51.8 Å². The van der Waals surface area contributed by atoms with Crippen LogP contribution in [0.25, 0.3) is 11.2 Å². The molecule has 74 valence electrons. The Balaban J connectivity index is 2.35. The Kier molecular flexibility index (Phi) is 1.98. The first-order chi connectivity index (χ1) is 6.54. The smallest absolute Gasteiger partial charge is 0.276 e. The Morgan fingerprint density at radius 3 is 2.79 bits per heavy atom. The van der Waals surface area contributed by atoms with Gasteiger partial charge in [-0.25, -0.2) is 9.97 Å². The normalized spacial score (nSPS) is 12.2. The lowest BCUT2D eigenvalue weighted by atomic mass is 9.91. The van der Waals surface area contributed by atoms with Crippen molar-refractivity contribution in [1.29, 1.82) is 0 Å². The van der Waals surface area contributed by atoms with Crippen LogP contribution in [0.1, 0.15) is 26.5 Å². The van der Waals surface area contributed by atoms with Gasteiger partial charge in [-0.3, -0.25) is 0 Å². The zero-order valence-electron chi connectivity index (χ0n) is 8.61. The van der Waals surface area contributed by atoms with Gasteiger partial charge in [0, 0.05) is 0 Å². The summed E-state index contributed by atoms with van der Waals surface area (Å²) in [5.74, 6) is 0. The van der Waals surface area contributed by atoms with Crippen LogP contribution in [-0.2, 0) is 6.42 Å². The van der Waals surface area contributed by atoms with Crippen LogP contribution in [0, 0.1) is 5.41 Å². The van der Waals surface area contributed by atoms with Gasteiger partial charge in [-0.15, -0.1) is 0 Å². The second-order valence-corrected chi connectivity index (χ2v) is 4.61. The lowest BCUT2D eigenvalue weighted by Crippen LogP contribution is -2.10. The van der Waals surface area contributed by atoms with Crippen LogP contribution < -0.4 is 0 Å². The molecule has 0 fully saturated rings. The molecule has 0 unspecified atom stereocenters. The molecule has 4 heteroatoms. The van der Waals surface area contributed by atoms with Crippen molar-refractivity contribution in [3.05, 3.63) is 18.1 Å². The standard InChI is InChI=1S/C10H13N3O/c1-10(2,3)4-7-5-11-9-8(13-7)6-12-14-9/h5-6H,4H2,1-3H3. The maximum Gasteiger partial charge on any atom is 0.276 e. The van der Waals surface area contributed by atoms with Crippen LogP contribution >= 0.6 is 0 Å². The number of fused-ring (bicyclic) bond motifs is 1. The highest BCUT2D eigenvalue weighted by atomic mass is 16.5. The van der Waals surface area contributed by atoms with Crippen LogP contribution in [0.4, 0.5) is 0 Å². The summed E-state index contributed by atoms with van der Waals surface area (Å²) < 4.78 is 4.88. The molecule has 2 aromatic heterocycles. The second kappa shape index (κ2) is 3.04. The first kappa shape index (κ1) is 9.12. The van der Waals surface area contributed by atoms with Gasteiger partial charge in [-0.05, 0) is 11.8 Å². The summed E-state index contributed by atoms with van der Waals surface area (Å²) >= 11 is 0. The van der Waals surface area contributed by atoms with Gasteiger partial charge in [0.15, 0.2) is 5.52 Å². The third kappa shape index (κ3) is 1.89. The Bertz CT molecular complexity index is 442. The largest absolute Gasteiger partial charge is 0.334 e. The van der Waals surface area contributed by atoms with Crippen LogP contribution in [0.3, 0.4) is 0 Å². The van der Waals surface area contributed by atoms with Gasteiger partial charge in [0.2, 0.25) is 0 Å². The molecule has 0 aliphatic heterocycles. The lowest BCUT2D eigenvalue weighted by molar-refractivity contribution is 0.405. The highest BCUT2D eigenvalue weighted by molar-refractivity contribution is 5.65. The summed E-state index contributed by atoms with van der Waals surface area (Å²) in [5, 5.41) is 3.64. The third-order valence-corrected chi connectivity index (χ3v) is 1.84. The van der Waals surface area contributed by atoms with Crippen molar-refractivity contribution in [1.82, 2.24) is 15.1 Å². The zero-order chi connectivity index (χ0) is 10.2. The molecule has 0 amide bonds. The fourth-order valence-corrected chi connectivity index (χ4v) is 1.34. The van der Waals surface area contributed by atoms with Crippen LogP contribution in [0.15, 0.2) is 16.9 Å². The quantitative estimate of drug-likeness (QED) is 0.693. The van der Waals surface area contributed by atoms with Gasteiger partial charge >= 0.3 is 0 Å². The predicted octanol–water partition coefficient (Wildman–Crippen LogP) is 2.21. The molecule has 2 rings (SSSR count). The van der Waals surface area contributed by atoms with Crippen LogP contribution in [0.2, 0.25) is 0 Å². The van der Waals surface area contributed by atoms with Gasteiger partial charge in [0.25, 0.3) is 5.71 Å². The molecule has 0 aliphatic carbocycles. The summed E-state index contributed by atoms with van der Waals surface area (Å²) in [4.78, 5) is 8.54. The molecule has 0 bridgehead atoms. The highest BCUT2D eigenvalue weighted by Gasteiger charge is 2.13. The average Bonchev–Trinajstić information content (AvgIpc) is 2.47. The first-order valence-corrected chi connectivity index (χ1v) is 4.61. The lowest BCUT2D eigenvalue weighted by Gasteiger charge is -2.16. The number of hydrogen-bond donors (Lipinski definition) is 0. The van der Waals surface area contributed by atoms with Crippen molar-refractivity contribution in [2.24, 2.45) is 5.41 Å². The van der Waals surface area contributed by atoms with Gasteiger partial charge in [0.05, 0.1) is 18.1 Å². The monoisotopic (exact) mass is 191 g/mol. The predicted molar refractivity (Wildman–Crippen MR) is 52.8 cm³/mol. The molecule has 0 aliphatic rings. The molecule has 2 aromatic rings. The minimum atomic E-state index is 0.222. The molecule has 4 nitrogen and oxygen atoms in total. The maximum absolute atomic E-state index is 4.88. The molecule has 0 saturated carbocycles. The van der Waals surface area contributed by atoms with Crippen LogP contribution in [-0.4, -0.2) is 15.1 Å². The zero-order valence-corrected chi connectivity index (χ0v) is 8.61. The van der Waals surface area contributed by atoms with E-state index in [-0.39, 0.29) is 5.41 Å². The molecule has 0 radical (unpaired) electrons. The number of nitrogens with zero attached hydrogens (tertiary/aromatic N) is 3. The SMILES string of the molecule is CC(C)(C)Cc1cnc2oncc2n1. The fourth-order valence-electron chi connectivity index (χ4n) is 1.34. The number of rotatable bonds is 1.